The van der Waals surface area contributed by atoms with Crippen LogP contribution < -0.4 is 10.6 Å². The lowest BCUT2D eigenvalue weighted by Crippen LogP contribution is -2.22. The van der Waals surface area contributed by atoms with Crippen molar-refractivity contribution in [2.45, 2.75) is 13.1 Å². The van der Waals surface area contributed by atoms with Gasteiger partial charge in [0.25, 0.3) is 5.91 Å². The third-order valence-corrected chi connectivity index (χ3v) is 3.40. The number of carbonyl (C=O) groups is 1. The molecule has 0 aliphatic rings. The maximum Gasteiger partial charge on any atom is 0.416 e. The van der Waals surface area contributed by atoms with Gasteiger partial charge < -0.3 is 15.5 Å². The van der Waals surface area contributed by atoms with Crippen LogP contribution in [0.2, 0.25) is 0 Å². The molecule has 1 amide bonds. The normalized spacial score (nSPS) is 11.5. The number of hydrogen-bond acceptors (Lipinski definition) is 5. The van der Waals surface area contributed by atoms with E-state index < -0.39 is 17.6 Å². The minimum absolute atomic E-state index is 0.129. The third kappa shape index (κ3) is 5.69. The van der Waals surface area contributed by atoms with Crippen molar-refractivity contribution in [2.75, 3.05) is 37.8 Å². The van der Waals surface area contributed by atoms with E-state index in [-0.39, 0.29) is 11.4 Å². The van der Waals surface area contributed by atoms with E-state index in [9.17, 15) is 18.0 Å². The lowest BCUT2D eigenvalue weighted by atomic mass is 10.2. The Morgan fingerprint density at radius 2 is 1.81 bits per heavy atom. The molecule has 0 saturated carbocycles. The molecule has 2 N–H and O–H groups in total. The van der Waals surface area contributed by atoms with Gasteiger partial charge in [-0.25, -0.2) is 9.97 Å². The van der Waals surface area contributed by atoms with Crippen molar-refractivity contribution in [3.63, 3.8) is 0 Å². The van der Waals surface area contributed by atoms with E-state index >= 15 is 0 Å². The van der Waals surface area contributed by atoms with E-state index in [1.807, 2.05) is 19.0 Å². The fourth-order valence-electron chi connectivity index (χ4n) is 2.09. The molecular weight excluding hydrogens is 347 g/mol. The number of aryl methyl sites for hydroxylation is 1. The Hall–Kier alpha value is -2.68. The second kappa shape index (κ2) is 8.13. The van der Waals surface area contributed by atoms with E-state index in [1.54, 1.807) is 6.92 Å². The van der Waals surface area contributed by atoms with E-state index in [2.05, 4.69) is 20.6 Å². The molecule has 9 heteroatoms. The Balaban J connectivity index is 2.08. The zero-order chi connectivity index (χ0) is 19.3. The first-order chi connectivity index (χ1) is 12.1. The molecule has 0 spiro atoms. The highest BCUT2D eigenvalue weighted by atomic mass is 19.4. The number of benzene rings is 1. The zero-order valence-corrected chi connectivity index (χ0v) is 14.7. The maximum atomic E-state index is 12.6. The van der Waals surface area contributed by atoms with Crippen LogP contribution in [0.25, 0.3) is 0 Å². The Morgan fingerprint density at radius 3 is 2.38 bits per heavy atom. The van der Waals surface area contributed by atoms with Crippen LogP contribution in [-0.4, -0.2) is 48.0 Å². The van der Waals surface area contributed by atoms with Crippen LogP contribution in [-0.2, 0) is 6.18 Å². The van der Waals surface area contributed by atoms with Crippen molar-refractivity contribution in [1.29, 1.82) is 0 Å². The molecule has 1 aromatic heterocycles. The van der Waals surface area contributed by atoms with E-state index in [1.165, 1.54) is 18.2 Å². The number of alkyl halides is 3. The first-order valence-corrected chi connectivity index (χ1v) is 7.88. The minimum Gasteiger partial charge on any atom is -0.353 e. The van der Waals surface area contributed by atoms with Gasteiger partial charge in [-0.05, 0) is 51.4 Å². The molecular formula is C17H20F3N5O. The van der Waals surface area contributed by atoms with Crippen molar-refractivity contribution >= 4 is 17.5 Å². The average Bonchev–Trinajstić information content (AvgIpc) is 2.53. The lowest BCUT2D eigenvalue weighted by molar-refractivity contribution is -0.137. The molecule has 0 aliphatic heterocycles. The molecule has 0 radical (unpaired) electrons. The molecule has 0 bridgehead atoms. The Morgan fingerprint density at radius 1 is 1.15 bits per heavy atom. The Kier molecular flexibility index (Phi) is 6.14. The van der Waals surface area contributed by atoms with Gasteiger partial charge in [-0.3, -0.25) is 4.79 Å². The third-order valence-electron chi connectivity index (χ3n) is 3.40. The van der Waals surface area contributed by atoms with Crippen molar-refractivity contribution in [2.24, 2.45) is 0 Å². The van der Waals surface area contributed by atoms with Crippen LogP contribution in [0.5, 0.6) is 0 Å². The molecule has 26 heavy (non-hydrogen) atoms. The van der Waals surface area contributed by atoms with Crippen molar-refractivity contribution in [1.82, 2.24) is 14.9 Å². The van der Waals surface area contributed by atoms with Gasteiger partial charge in [0, 0.05) is 24.5 Å². The van der Waals surface area contributed by atoms with E-state index in [0.29, 0.717) is 18.2 Å². The fraction of sp³-hybridized carbons (Fsp3) is 0.353. The van der Waals surface area contributed by atoms with Gasteiger partial charge >= 0.3 is 6.18 Å². The molecule has 0 fully saturated rings. The Bertz CT molecular complexity index is 760. The van der Waals surface area contributed by atoms with Crippen LogP contribution in [0, 0.1) is 6.92 Å². The van der Waals surface area contributed by atoms with Gasteiger partial charge in [0.1, 0.15) is 5.69 Å². The van der Waals surface area contributed by atoms with Crippen LogP contribution in [0.4, 0.5) is 24.8 Å². The van der Waals surface area contributed by atoms with Gasteiger partial charge in [-0.1, -0.05) is 0 Å². The largest absolute Gasteiger partial charge is 0.416 e. The van der Waals surface area contributed by atoms with Crippen LogP contribution >= 0.6 is 0 Å². The average molecular weight is 367 g/mol. The van der Waals surface area contributed by atoms with Gasteiger partial charge in [0.15, 0.2) is 0 Å². The SMILES string of the molecule is Cc1cc(C(=O)Nc2ccc(C(F)(F)F)cc2)nc(NCCN(C)C)n1. The number of hydrogen-bond donors (Lipinski definition) is 2. The zero-order valence-electron chi connectivity index (χ0n) is 14.7. The number of nitrogens with zero attached hydrogens (tertiary/aromatic N) is 3. The lowest BCUT2D eigenvalue weighted by Gasteiger charge is -2.12. The second-order valence-electron chi connectivity index (χ2n) is 5.98. The quantitative estimate of drug-likeness (QED) is 0.821. The summed E-state index contributed by atoms with van der Waals surface area (Å²) in [4.78, 5) is 22.7. The molecule has 0 unspecified atom stereocenters. The molecule has 2 aromatic rings. The first-order valence-electron chi connectivity index (χ1n) is 7.88. The van der Waals surface area contributed by atoms with E-state index in [0.717, 1.165) is 18.7 Å². The summed E-state index contributed by atoms with van der Waals surface area (Å²) in [5.41, 5.74) is 0.205. The number of anilines is 2. The van der Waals surface area contributed by atoms with Crippen molar-refractivity contribution in [3.05, 3.63) is 47.3 Å². The number of halogens is 3. The van der Waals surface area contributed by atoms with Gasteiger partial charge in [0.05, 0.1) is 5.56 Å². The highest BCUT2D eigenvalue weighted by Crippen LogP contribution is 2.29. The molecule has 6 nitrogen and oxygen atoms in total. The van der Waals surface area contributed by atoms with Crippen molar-refractivity contribution in [3.8, 4) is 0 Å². The number of amides is 1. The first kappa shape index (κ1) is 19.6. The molecule has 0 atom stereocenters. The minimum atomic E-state index is -4.42. The molecule has 1 heterocycles. The standard InChI is InChI=1S/C17H20F3N5O/c1-11-10-14(24-16(22-11)21-8-9-25(2)3)15(26)23-13-6-4-12(5-7-13)17(18,19)20/h4-7,10H,8-9H2,1-3H3,(H,23,26)(H,21,22,24). The smallest absolute Gasteiger partial charge is 0.353 e. The Labute approximate surface area is 149 Å². The summed E-state index contributed by atoms with van der Waals surface area (Å²) in [6.45, 7) is 3.11. The van der Waals surface area contributed by atoms with Gasteiger partial charge in [0.2, 0.25) is 5.95 Å². The summed E-state index contributed by atoms with van der Waals surface area (Å²) >= 11 is 0. The summed E-state index contributed by atoms with van der Waals surface area (Å²) in [6.07, 6.45) is -4.42. The summed E-state index contributed by atoms with van der Waals surface area (Å²) < 4.78 is 37.7. The molecule has 0 saturated heterocycles. The molecule has 140 valence electrons. The summed E-state index contributed by atoms with van der Waals surface area (Å²) in [5.74, 6) is -0.199. The van der Waals surface area contributed by atoms with E-state index in [4.69, 9.17) is 0 Å². The predicted octanol–water partition coefficient (Wildman–Crippen LogP) is 3.03. The van der Waals surface area contributed by atoms with Gasteiger partial charge in [-0.15, -0.1) is 0 Å². The maximum absolute atomic E-state index is 12.6. The monoisotopic (exact) mass is 367 g/mol. The fourth-order valence-corrected chi connectivity index (χ4v) is 2.09. The number of carbonyl (C=O) groups excluding carboxylic acids is 1. The topological polar surface area (TPSA) is 70.2 Å². The highest BCUT2D eigenvalue weighted by molar-refractivity contribution is 6.03. The summed E-state index contributed by atoms with van der Waals surface area (Å²) in [5, 5.41) is 5.56. The molecule has 0 aliphatic carbocycles. The van der Waals surface area contributed by atoms with Crippen molar-refractivity contribution < 1.29 is 18.0 Å². The van der Waals surface area contributed by atoms with Crippen LogP contribution in [0.3, 0.4) is 0 Å². The van der Waals surface area contributed by atoms with Gasteiger partial charge in [-0.2, -0.15) is 13.2 Å². The molecule has 1 aromatic carbocycles. The number of likely N-dealkylation sites (N-methyl/N-ethyl adjacent to an activating group) is 1. The number of aromatic nitrogens is 2. The number of nitrogens with one attached hydrogen (secondary N) is 2. The van der Waals surface area contributed by atoms with Crippen LogP contribution in [0.1, 0.15) is 21.7 Å². The second-order valence-corrected chi connectivity index (χ2v) is 5.98. The predicted molar refractivity (Wildman–Crippen MR) is 93.2 cm³/mol. The summed E-state index contributed by atoms with van der Waals surface area (Å²) in [6, 6.07) is 5.73. The molecule has 2 rings (SSSR count). The summed E-state index contributed by atoms with van der Waals surface area (Å²) in [7, 11) is 3.86. The van der Waals surface area contributed by atoms with Crippen LogP contribution in [0.15, 0.2) is 30.3 Å². The highest BCUT2D eigenvalue weighted by Gasteiger charge is 2.30. The number of rotatable bonds is 6.